The molecule has 146 valence electrons. The normalized spacial score (nSPS) is 11.1. The Hall–Kier alpha value is -3.17. The van der Waals surface area contributed by atoms with Gasteiger partial charge >= 0.3 is 0 Å². The molecule has 3 aromatic rings. The maximum Gasteiger partial charge on any atom is 0.238 e. The van der Waals surface area contributed by atoms with Crippen molar-refractivity contribution < 1.29 is 13.2 Å². The molecule has 0 bridgehead atoms. The maximum absolute atomic E-state index is 11.3. The van der Waals surface area contributed by atoms with Gasteiger partial charge in [0.15, 0.2) is 0 Å². The van der Waals surface area contributed by atoms with Crippen LogP contribution in [0, 0.1) is 0 Å². The zero-order chi connectivity index (χ0) is 20.0. The van der Waals surface area contributed by atoms with Crippen LogP contribution in [-0.4, -0.2) is 32.0 Å². The first-order valence-corrected chi connectivity index (χ1v) is 10.1. The molecular formula is C19H21N5O3S. The van der Waals surface area contributed by atoms with Crippen LogP contribution in [0.4, 0.5) is 17.3 Å². The molecule has 28 heavy (non-hydrogen) atoms. The van der Waals surface area contributed by atoms with Gasteiger partial charge in [0.25, 0.3) is 0 Å². The van der Waals surface area contributed by atoms with Gasteiger partial charge in [0.2, 0.25) is 10.0 Å². The van der Waals surface area contributed by atoms with E-state index in [-0.39, 0.29) is 4.90 Å². The highest BCUT2D eigenvalue weighted by Gasteiger charge is 2.06. The number of rotatable bonds is 8. The summed E-state index contributed by atoms with van der Waals surface area (Å²) in [6.45, 7) is 0.629. The number of sulfonamides is 1. The minimum Gasteiger partial charge on any atom is -0.497 e. The molecule has 3 rings (SSSR count). The number of anilines is 3. The number of ether oxygens (including phenoxy) is 1. The number of nitrogens with zero attached hydrogens (tertiary/aromatic N) is 2. The van der Waals surface area contributed by atoms with Crippen molar-refractivity contribution in [2.24, 2.45) is 5.14 Å². The molecule has 0 unspecified atom stereocenters. The van der Waals surface area contributed by atoms with Crippen LogP contribution in [0.15, 0.2) is 65.8 Å². The van der Waals surface area contributed by atoms with E-state index in [1.165, 1.54) is 18.5 Å². The summed E-state index contributed by atoms with van der Waals surface area (Å²) in [6, 6.07) is 15.9. The van der Waals surface area contributed by atoms with E-state index in [2.05, 4.69) is 20.6 Å². The molecule has 0 fully saturated rings. The first kappa shape index (κ1) is 19.6. The van der Waals surface area contributed by atoms with E-state index >= 15 is 0 Å². The van der Waals surface area contributed by atoms with E-state index in [4.69, 9.17) is 9.88 Å². The lowest BCUT2D eigenvalue weighted by atomic mass is 10.1. The standard InChI is InChI=1S/C19H21N5O3S/c1-27-16-4-2-3-15(11-16)24-19-12-18(22-13-23-19)21-10-9-14-5-7-17(8-6-14)28(20,25)26/h2-8,11-13H,9-10H2,1H3,(H2,20,25,26)(H2,21,22,23,24). The Bertz CT molecular complexity index is 1040. The number of methoxy groups -OCH3 is 1. The second-order valence-electron chi connectivity index (χ2n) is 6.01. The number of nitrogens with one attached hydrogen (secondary N) is 2. The second kappa shape index (κ2) is 8.68. The van der Waals surface area contributed by atoms with Crippen molar-refractivity contribution in [3.8, 4) is 5.75 Å². The monoisotopic (exact) mass is 399 g/mol. The zero-order valence-electron chi connectivity index (χ0n) is 15.3. The van der Waals surface area contributed by atoms with E-state index in [9.17, 15) is 8.42 Å². The van der Waals surface area contributed by atoms with Crippen LogP contribution >= 0.6 is 0 Å². The third-order valence-corrected chi connectivity index (χ3v) is 4.91. The van der Waals surface area contributed by atoms with Gasteiger partial charge in [0, 0.05) is 24.4 Å². The minimum atomic E-state index is -3.67. The smallest absolute Gasteiger partial charge is 0.238 e. The Morgan fingerprint density at radius 2 is 1.79 bits per heavy atom. The molecule has 0 aliphatic rings. The fourth-order valence-corrected chi connectivity index (χ4v) is 3.07. The number of nitrogens with two attached hydrogens (primary N) is 1. The molecule has 8 nitrogen and oxygen atoms in total. The van der Waals surface area contributed by atoms with Gasteiger partial charge in [0.05, 0.1) is 12.0 Å². The Labute approximate surface area is 163 Å². The molecule has 1 heterocycles. The third-order valence-electron chi connectivity index (χ3n) is 3.98. The molecule has 0 aliphatic carbocycles. The predicted molar refractivity (Wildman–Crippen MR) is 108 cm³/mol. The third kappa shape index (κ3) is 5.41. The number of primary sulfonamides is 1. The number of aromatic nitrogens is 2. The lowest BCUT2D eigenvalue weighted by Gasteiger charge is -2.10. The van der Waals surface area contributed by atoms with Crippen LogP contribution in [0.5, 0.6) is 5.75 Å². The number of hydrogen-bond acceptors (Lipinski definition) is 7. The maximum atomic E-state index is 11.3. The largest absolute Gasteiger partial charge is 0.497 e. The molecule has 0 spiro atoms. The van der Waals surface area contributed by atoms with E-state index < -0.39 is 10.0 Å². The van der Waals surface area contributed by atoms with Crippen molar-refractivity contribution in [3.63, 3.8) is 0 Å². The molecule has 4 N–H and O–H groups in total. The molecule has 9 heteroatoms. The number of benzene rings is 2. The molecule has 0 radical (unpaired) electrons. The SMILES string of the molecule is COc1cccc(Nc2cc(NCCc3ccc(S(N)(=O)=O)cc3)ncn2)c1. The topological polar surface area (TPSA) is 119 Å². The van der Waals surface area contributed by atoms with Crippen LogP contribution in [0.25, 0.3) is 0 Å². The van der Waals surface area contributed by atoms with E-state index in [1.807, 2.05) is 30.3 Å². The summed E-state index contributed by atoms with van der Waals surface area (Å²) in [6.07, 6.45) is 2.18. The summed E-state index contributed by atoms with van der Waals surface area (Å²) in [7, 11) is -2.05. The summed E-state index contributed by atoms with van der Waals surface area (Å²) >= 11 is 0. The lowest BCUT2D eigenvalue weighted by Crippen LogP contribution is -2.12. The van der Waals surface area contributed by atoms with Gasteiger partial charge < -0.3 is 15.4 Å². The average Bonchev–Trinajstić information content (AvgIpc) is 2.68. The van der Waals surface area contributed by atoms with Crippen molar-refractivity contribution in [3.05, 3.63) is 66.5 Å². The first-order valence-electron chi connectivity index (χ1n) is 8.53. The molecule has 0 aliphatic heterocycles. The Morgan fingerprint density at radius 3 is 2.50 bits per heavy atom. The van der Waals surface area contributed by atoms with Gasteiger partial charge in [-0.15, -0.1) is 0 Å². The van der Waals surface area contributed by atoms with Crippen molar-refractivity contribution in [2.45, 2.75) is 11.3 Å². The van der Waals surface area contributed by atoms with Gasteiger partial charge in [-0.25, -0.2) is 23.5 Å². The summed E-state index contributed by atoms with van der Waals surface area (Å²) in [4.78, 5) is 8.53. The van der Waals surface area contributed by atoms with Gasteiger partial charge in [-0.3, -0.25) is 0 Å². The van der Waals surface area contributed by atoms with Crippen LogP contribution in [-0.2, 0) is 16.4 Å². The average molecular weight is 399 g/mol. The molecule has 2 aromatic carbocycles. The van der Waals surface area contributed by atoms with E-state index in [0.717, 1.165) is 17.0 Å². The van der Waals surface area contributed by atoms with Crippen molar-refractivity contribution in [2.75, 3.05) is 24.3 Å². The fourth-order valence-electron chi connectivity index (χ4n) is 2.55. The van der Waals surface area contributed by atoms with Crippen LogP contribution in [0.1, 0.15) is 5.56 Å². The highest BCUT2D eigenvalue weighted by molar-refractivity contribution is 7.89. The van der Waals surface area contributed by atoms with E-state index in [0.29, 0.717) is 24.6 Å². The predicted octanol–water partition coefficient (Wildman–Crippen LogP) is 2.53. The Morgan fingerprint density at radius 1 is 1.04 bits per heavy atom. The van der Waals surface area contributed by atoms with Gasteiger partial charge in [-0.05, 0) is 36.2 Å². The quantitative estimate of drug-likeness (QED) is 0.532. The van der Waals surface area contributed by atoms with Crippen LogP contribution in [0.3, 0.4) is 0 Å². The molecule has 0 saturated heterocycles. The second-order valence-corrected chi connectivity index (χ2v) is 7.57. The van der Waals surface area contributed by atoms with Crippen LogP contribution in [0.2, 0.25) is 0 Å². The fraction of sp³-hybridized carbons (Fsp3) is 0.158. The molecular weight excluding hydrogens is 378 g/mol. The highest BCUT2D eigenvalue weighted by atomic mass is 32.2. The summed E-state index contributed by atoms with van der Waals surface area (Å²) in [5.74, 6) is 2.09. The molecule has 0 saturated carbocycles. The summed E-state index contributed by atoms with van der Waals surface area (Å²) in [5, 5.41) is 11.5. The molecule has 1 aromatic heterocycles. The lowest BCUT2D eigenvalue weighted by molar-refractivity contribution is 0.415. The van der Waals surface area contributed by atoms with Gasteiger partial charge in [0.1, 0.15) is 23.7 Å². The summed E-state index contributed by atoms with van der Waals surface area (Å²) in [5.41, 5.74) is 1.85. The number of hydrogen-bond donors (Lipinski definition) is 3. The van der Waals surface area contributed by atoms with Gasteiger partial charge in [-0.1, -0.05) is 18.2 Å². The van der Waals surface area contributed by atoms with Gasteiger partial charge in [-0.2, -0.15) is 0 Å². The Kier molecular flexibility index (Phi) is 6.07. The molecule has 0 atom stereocenters. The van der Waals surface area contributed by atoms with Crippen molar-refractivity contribution in [1.82, 2.24) is 9.97 Å². The zero-order valence-corrected chi connectivity index (χ0v) is 16.1. The highest BCUT2D eigenvalue weighted by Crippen LogP contribution is 2.21. The minimum absolute atomic E-state index is 0.105. The van der Waals surface area contributed by atoms with Crippen molar-refractivity contribution in [1.29, 1.82) is 0 Å². The van der Waals surface area contributed by atoms with E-state index in [1.54, 1.807) is 19.2 Å². The first-order chi connectivity index (χ1) is 13.4. The van der Waals surface area contributed by atoms with Crippen molar-refractivity contribution >= 4 is 27.3 Å². The van der Waals surface area contributed by atoms with Crippen LogP contribution < -0.4 is 20.5 Å². The summed E-state index contributed by atoms with van der Waals surface area (Å²) < 4.78 is 27.8. The molecule has 0 amide bonds. The Balaban J connectivity index is 1.57.